The lowest BCUT2D eigenvalue weighted by Gasteiger charge is -2.33. The number of nitrogens with zero attached hydrogens (tertiary/aromatic N) is 3. The van der Waals surface area contributed by atoms with Crippen molar-refractivity contribution in [3.05, 3.63) is 11.2 Å². The molecule has 122 valence electrons. The number of carbonyl (C=O) groups is 1. The highest BCUT2D eigenvalue weighted by Crippen LogP contribution is 2.22. The molecule has 1 fully saturated rings. The zero-order valence-electron chi connectivity index (χ0n) is 13.1. The molecule has 0 bridgehead atoms. The molecule has 0 radical (unpaired) electrons. The Kier molecular flexibility index (Phi) is 4.95. The van der Waals surface area contributed by atoms with E-state index in [1.807, 2.05) is 20.8 Å². The van der Waals surface area contributed by atoms with E-state index < -0.39 is 0 Å². The molecule has 2 heterocycles. The van der Waals surface area contributed by atoms with Crippen LogP contribution in [0.2, 0.25) is 5.15 Å². The van der Waals surface area contributed by atoms with Crippen LogP contribution in [0.3, 0.4) is 0 Å². The molecule has 0 aromatic carbocycles. The summed E-state index contributed by atoms with van der Waals surface area (Å²) in [6, 6.07) is 1.69. The number of carbonyl (C=O) groups excluding carboxylic acids is 1. The Morgan fingerprint density at radius 2 is 2.05 bits per heavy atom. The highest BCUT2D eigenvalue weighted by Gasteiger charge is 2.25. The van der Waals surface area contributed by atoms with Gasteiger partial charge in [0.25, 0.3) is 0 Å². The zero-order valence-corrected chi connectivity index (χ0v) is 13.9. The van der Waals surface area contributed by atoms with Crippen LogP contribution >= 0.6 is 11.6 Å². The summed E-state index contributed by atoms with van der Waals surface area (Å²) in [6.45, 7) is 7.20. The van der Waals surface area contributed by atoms with Crippen LogP contribution < -0.4 is 16.0 Å². The molecular weight excluding hydrogens is 306 g/mol. The molecule has 1 aromatic heterocycles. The van der Waals surface area contributed by atoms with Gasteiger partial charge in [-0.1, -0.05) is 11.6 Å². The number of ether oxygens (including phenoxy) is 1. The standard InChI is InChI=1S/C14H22ClN5O2/c1-14(2,3)19-13(21)22-9-4-6-20(7-5-9)11-8-10(15)17-12(16)18-11/h8-9H,4-7H2,1-3H3,(H,19,21)(H2,16,17,18). The summed E-state index contributed by atoms with van der Waals surface area (Å²) in [4.78, 5) is 21.9. The number of piperidine rings is 1. The minimum atomic E-state index is -0.375. The van der Waals surface area contributed by atoms with Crippen LogP contribution in [0.25, 0.3) is 0 Å². The average Bonchev–Trinajstić information content (AvgIpc) is 2.36. The van der Waals surface area contributed by atoms with Gasteiger partial charge in [-0.3, -0.25) is 0 Å². The van der Waals surface area contributed by atoms with E-state index in [0.29, 0.717) is 11.0 Å². The van der Waals surface area contributed by atoms with Gasteiger partial charge in [0.2, 0.25) is 5.95 Å². The lowest BCUT2D eigenvalue weighted by Crippen LogP contribution is -2.44. The van der Waals surface area contributed by atoms with E-state index in [9.17, 15) is 4.79 Å². The van der Waals surface area contributed by atoms with Crippen molar-refractivity contribution in [2.75, 3.05) is 23.7 Å². The first-order valence-corrected chi connectivity index (χ1v) is 7.64. The van der Waals surface area contributed by atoms with Gasteiger partial charge in [-0.05, 0) is 20.8 Å². The number of nitrogens with one attached hydrogen (secondary N) is 1. The number of aromatic nitrogens is 2. The van der Waals surface area contributed by atoms with Crippen LogP contribution in [0.4, 0.5) is 16.6 Å². The molecule has 0 spiro atoms. The van der Waals surface area contributed by atoms with Gasteiger partial charge in [-0.25, -0.2) is 9.78 Å². The van der Waals surface area contributed by atoms with Gasteiger partial charge in [0.05, 0.1) is 0 Å². The zero-order chi connectivity index (χ0) is 16.3. The summed E-state index contributed by atoms with van der Waals surface area (Å²) >= 11 is 5.89. The van der Waals surface area contributed by atoms with Gasteiger partial charge in [0, 0.05) is 37.5 Å². The molecule has 0 aliphatic carbocycles. The van der Waals surface area contributed by atoms with Crippen LogP contribution in [-0.2, 0) is 4.74 Å². The number of nitrogen functional groups attached to an aromatic ring is 1. The maximum Gasteiger partial charge on any atom is 0.407 e. The van der Waals surface area contributed by atoms with Gasteiger partial charge in [0.15, 0.2) is 0 Å². The number of nitrogens with two attached hydrogens (primary N) is 1. The minimum absolute atomic E-state index is 0.0896. The summed E-state index contributed by atoms with van der Waals surface area (Å²) in [6.07, 6.45) is 1.01. The fourth-order valence-electron chi connectivity index (χ4n) is 2.27. The SMILES string of the molecule is CC(C)(C)NC(=O)OC1CCN(c2cc(Cl)nc(N)n2)CC1. The average molecular weight is 328 g/mol. The fourth-order valence-corrected chi connectivity index (χ4v) is 2.46. The maximum atomic E-state index is 11.8. The molecule has 3 N–H and O–H groups in total. The van der Waals surface area contributed by atoms with E-state index in [2.05, 4.69) is 20.2 Å². The van der Waals surface area contributed by atoms with Crippen molar-refractivity contribution in [3.8, 4) is 0 Å². The van der Waals surface area contributed by atoms with Gasteiger partial charge >= 0.3 is 6.09 Å². The van der Waals surface area contributed by atoms with Gasteiger partial charge in [-0.15, -0.1) is 0 Å². The van der Waals surface area contributed by atoms with Crippen LogP contribution in [0.1, 0.15) is 33.6 Å². The Morgan fingerprint density at radius 1 is 1.41 bits per heavy atom. The normalized spacial score (nSPS) is 16.5. The third kappa shape index (κ3) is 4.91. The van der Waals surface area contributed by atoms with E-state index in [1.165, 1.54) is 0 Å². The van der Waals surface area contributed by atoms with Gasteiger partial charge in [-0.2, -0.15) is 4.98 Å². The molecule has 1 aliphatic heterocycles. The monoisotopic (exact) mass is 327 g/mol. The number of hydrogen-bond donors (Lipinski definition) is 2. The van der Waals surface area contributed by atoms with E-state index >= 15 is 0 Å². The summed E-state index contributed by atoms with van der Waals surface area (Å²) < 4.78 is 5.44. The Hall–Kier alpha value is -1.76. The van der Waals surface area contributed by atoms with Crippen LogP contribution in [0, 0.1) is 0 Å². The molecule has 8 heteroatoms. The predicted molar refractivity (Wildman–Crippen MR) is 86.1 cm³/mol. The van der Waals surface area contributed by atoms with Crippen molar-refractivity contribution in [1.29, 1.82) is 0 Å². The number of anilines is 2. The van der Waals surface area contributed by atoms with Gasteiger partial charge in [0.1, 0.15) is 17.1 Å². The second-order valence-electron chi connectivity index (χ2n) is 6.37. The largest absolute Gasteiger partial charge is 0.446 e. The first kappa shape index (κ1) is 16.6. The number of hydrogen-bond acceptors (Lipinski definition) is 6. The number of amides is 1. The predicted octanol–water partition coefficient (Wildman–Crippen LogP) is 2.21. The molecule has 0 unspecified atom stereocenters. The number of alkyl carbamates (subject to hydrolysis) is 1. The minimum Gasteiger partial charge on any atom is -0.446 e. The van der Waals surface area contributed by atoms with Crippen molar-refractivity contribution < 1.29 is 9.53 Å². The van der Waals surface area contributed by atoms with Crippen molar-refractivity contribution in [2.45, 2.75) is 45.3 Å². The van der Waals surface area contributed by atoms with Crippen molar-refractivity contribution in [3.63, 3.8) is 0 Å². The van der Waals surface area contributed by atoms with Crippen LogP contribution in [0.5, 0.6) is 0 Å². The van der Waals surface area contributed by atoms with E-state index in [4.69, 9.17) is 22.1 Å². The fraction of sp³-hybridized carbons (Fsp3) is 0.643. The molecule has 0 atom stereocenters. The lowest BCUT2D eigenvalue weighted by atomic mass is 10.1. The van der Waals surface area contributed by atoms with E-state index in [1.54, 1.807) is 6.07 Å². The third-order valence-electron chi connectivity index (χ3n) is 3.22. The van der Waals surface area contributed by atoms with Crippen LogP contribution in [-0.4, -0.2) is 40.8 Å². The molecule has 0 saturated carbocycles. The third-order valence-corrected chi connectivity index (χ3v) is 3.41. The Labute approximate surface area is 135 Å². The molecular formula is C14H22ClN5O2. The number of halogens is 1. The number of rotatable bonds is 2. The smallest absolute Gasteiger partial charge is 0.407 e. The summed E-state index contributed by atoms with van der Waals surface area (Å²) in [5.74, 6) is 0.862. The molecule has 1 aliphatic rings. The van der Waals surface area contributed by atoms with Crippen molar-refractivity contribution in [2.24, 2.45) is 0 Å². The molecule has 1 amide bonds. The first-order chi connectivity index (χ1) is 10.2. The molecule has 7 nitrogen and oxygen atoms in total. The summed E-state index contributed by atoms with van der Waals surface area (Å²) in [5.41, 5.74) is 5.31. The topological polar surface area (TPSA) is 93.4 Å². The Balaban J connectivity index is 1.86. The summed E-state index contributed by atoms with van der Waals surface area (Å²) in [5, 5.41) is 3.12. The highest BCUT2D eigenvalue weighted by atomic mass is 35.5. The Morgan fingerprint density at radius 3 is 2.59 bits per heavy atom. The second-order valence-corrected chi connectivity index (χ2v) is 6.76. The van der Waals surface area contributed by atoms with Gasteiger partial charge < -0.3 is 20.7 Å². The molecule has 22 heavy (non-hydrogen) atoms. The van der Waals surface area contributed by atoms with Crippen LogP contribution in [0.15, 0.2) is 6.07 Å². The molecule has 1 saturated heterocycles. The molecule has 1 aromatic rings. The van der Waals surface area contributed by atoms with Crippen molar-refractivity contribution >= 4 is 29.5 Å². The summed E-state index contributed by atoms with van der Waals surface area (Å²) in [7, 11) is 0. The highest BCUT2D eigenvalue weighted by molar-refractivity contribution is 6.29. The Bertz CT molecular complexity index is 518. The quantitative estimate of drug-likeness (QED) is 0.809. The second kappa shape index (κ2) is 6.56. The van der Waals surface area contributed by atoms with Crippen molar-refractivity contribution in [1.82, 2.24) is 15.3 Å². The van der Waals surface area contributed by atoms with E-state index in [-0.39, 0.29) is 23.7 Å². The lowest BCUT2D eigenvalue weighted by molar-refractivity contribution is 0.0776. The first-order valence-electron chi connectivity index (χ1n) is 7.27. The molecule has 2 rings (SSSR count). The maximum absolute atomic E-state index is 11.8. The van der Waals surface area contributed by atoms with E-state index in [0.717, 1.165) is 25.9 Å².